The molecule has 2 unspecified atom stereocenters. The molecule has 1 N–H and O–H groups in total. The summed E-state index contributed by atoms with van der Waals surface area (Å²) in [6, 6.07) is 1.53. The molecule has 0 aromatic rings. The maximum absolute atomic E-state index is 3.42. The highest BCUT2D eigenvalue weighted by Crippen LogP contribution is 2.25. The molecule has 90 valence electrons. The molecule has 0 spiro atoms. The summed E-state index contributed by atoms with van der Waals surface area (Å²) in [5, 5.41) is 3.42. The molecule has 0 aliphatic heterocycles. The monoisotopic (exact) mass is 212 g/mol. The van der Waals surface area contributed by atoms with Gasteiger partial charge in [0.15, 0.2) is 0 Å². The van der Waals surface area contributed by atoms with E-state index < -0.39 is 0 Å². The van der Waals surface area contributed by atoms with Gasteiger partial charge in [0.2, 0.25) is 0 Å². The fraction of sp³-hybridized carbons (Fsp3) is 1.00. The van der Waals surface area contributed by atoms with Gasteiger partial charge in [-0.2, -0.15) is 0 Å². The predicted octanol–water partition coefficient (Wildman–Crippen LogP) is 2.49. The molecule has 0 bridgehead atoms. The molecule has 1 fully saturated rings. The van der Waals surface area contributed by atoms with E-state index in [0.717, 1.165) is 12.1 Å². The number of hydrogen-bond acceptors (Lipinski definition) is 2. The first-order valence-electron chi connectivity index (χ1n) is 6.30. The van der Waals surface area contributed by atoms with Crippen molar-refractivity contribution in [2.24, 2.45) is 5.41 Å². The quantitative estimate of drug-likeness (QED) is 0.773. The van der Waals surface area contributed by atoms with Gasteiger partial charge in [0.25, 0.3) is 0 Å². The predicted molar refractivity (Wildman–Crippen MR) is 67.2 cm³/mol. The van der Waals surface area contributed by atoms with Crippen molar-refractivity contribution in [1.82, 2.24) is 10.2 Å². The Hall–Kier alpha value is -0.0800. The molecule has 0 heterocycles. The number of nitrogens with one attached hydrogen (secondary N) is 1. The van der Waals surface area contributed by atoms with Gasteiger partial charge < -0.3 is 10.2 Å². The zero-order valence-corrected chi connectivity index (χ0v) is 11.1. The average Bonchev–Trinajstić information content (AvgIpc) is 2.15. The Morgan fingerprint density at radius 3 is 2.47 bits per heavy atom. The van der Waals surface area contributed by atoms with Crippen molar-refractivity contribution in [2.75, 3.05) is 20.6 Å². The van der Waals surface area contributed by atoms with E-state index in [1.165, 1.54) is 32.2 Å². The molecule has 15 heavy (non-hydrogen) atoms. The van der Waals surface area contributed by atoms with Crippen LogP contribution in [-0.4, -0.2) is 37.6 Å². The Balaban J connectivity index is 2.41. The first-order chi connectivity index (χ1) is 6.92. The van der Waals surface area contributed by atoms with Crippen molar-refractivity contribution < 1.29 is 0 Å². The molecule has 2 atom stereocenters. The van der Waals surface area contributed by atoms with Crippen LogP contribution in [0.3, 0.4) is 0 Å². The molecule has 0 saturated heterocycles. The van der Waals surface area contributed by atoms with Gasteiger partial charge in [0.05, 0.1) is 0 Å². The topological polar surface area (TPSA) is 15.3 Å². The van der Waals surface area contributed by atoms with Gasteiger partial charge in [-0.1, -0.05) is 27.2 Å². The van der Waals surface area contributed by atoms with Crippen LogP contribution in [0.4, 0.5) is 0 Å². The van der Waals surface area contributed by atoms with Crippen LogP contribution >= 0.6 is 0 Å². The Kier molecular flexibility index (Phi) is 4.60. The van der Waals surface area contributed by atoms with Crippen LogP contribution in [0.15, 0.2) is 0 Å². The van der Waals surface area contributed by atoms with Gasteiger partial charge in [0.1, 0.15) is 0 Å². The number of hydrogen-bond donors (Lipinski definition) is 1. The molecule has 2 heteroatoms. The first-order valence-corrected chi connectivity index (χ1v) is 6.30. The molecule has 1 aliphatic rings. The van der Waals surface area contributed by atoms with E-state index in [1.54, 1.807) is 0 Å². The number of nitrogens with zero attached hydrogens (tertiary/aromatic N) is 1. The van der Waals surface area contributed by atoms with E-state index in [0.29, 0.717) is 5.41 Å². The third kappa shape index (κ3) is 4.52. The Bertz CT molecular complexity index is 183. The Morgan fingerprint density at radius 2 is 1.93 bits per heavy atom. The standard InChI is InChI=1S/C13H28N2/c1-13(2,3)10-15(5)12-8-6-7-11(9-12)14-4/h11-12,14H,6-10H2,1-5H3. The van der Waals surface area contributed by atoms with Crippen LogP contribution in [-0.2, 0) is 0 Å². The summed E-state index contributed by atoms with van der Waals surface area (Å²) in [5.41, 5.74) is 0.418. The molecule has 0 radical (unpaired) electrons. The van der Waals surface area contributed by atoms with Gasteiger partial charge in [-0.3, -0.25) is 0 Å². The van der Waals surface area contributed by atoms with E-state index in [1.807, 2.05) is 0 Å². The SMILES string of the molecule is CNC1CCCC(N(C)CC(C)(C)C)C1. The Morgan fingerprint density at radius 1 is 1.27 bits per heavy atom. The van der Waals surface area contributed by atoms with E-state index in [9.17, 15) is 0 Å². The molecular weight excluding hydrogens is 184 g/mol. The van der Waals surface area contributed by atoms with Crippen molar-refractivity contribution in [3.05, 3.63) is 0 Å². The minimum atomic E-state index is 0.418. The minimum Gasteiger partial charge on any atom is -0.317 e. The highest BCUT2D eigenvalue weighted by molar-refractivity contribution is 4.83. The minimum absolute atomic E-state index is 0.418. The maximum atomic E-state index is 3.42. The van der Waals surface area contributed by atoms with Crippen molar-refractivity contribution in [3.63, 3.8) is 0 Å². The van der Waals surface area contributed by atoms with Gasteiger partial charge in [0, 0.05) is 18.6 Å². The summed E-state index contributed by atoms with van der Waals surface area (Å²) in [7, 11) is 4.38. The van der Waals surface area contributed by atoms with Crippen LogP contribution in [0.5, 0.6) is 0 Å². The van der Waals surface area contributed by atoms with Crippen LogP contribution in [0.1, 0.15) is 46.5 Å². The van der Waals surface area contributed by atoms with E-state index in [4.69, 9.17) is 0 Å². The molecule has 1 saturated carbocycles. The molecule has 2 nitrogen and oxygen atoms in total. The van der Waals surface area contributed by atoms with Crippen molar-refractivity contribution in [3.8, 4) is 0 Å². The smallest absolute Gasteiger partial charge is 0.0107 e. The summed E-state index contributed by atoms with van der Waals surface area (Å²) in [6.07, 6.45) is 5.44. The summed E-state index contributed by atoms with van der Waals surface area (Å²) in [5.74, 6) is 0. The van der Waals surface area contributed by atoms with Crippen molar-refractivity contribution in [1.29, 1.82) is 0 Å². The highest BCUT2D eigenvalue weighted by atomic mass is 15.1. The van der Waals surface area contributed by atoms with E-state index in [-0.39, 0.29) is 0 Å². The van der Waals surface area contributed by atoms with Crippen molar-refractivity contribution in [2.45, 2.75) is 58.5 Å². The summed E-state index contributed by atoms with van der Waals surface area (Å²) in [6.45, 7) is 8.17. The molecular formula is C13H28N2. The summed E-state index contributed by atoms with van der Waals surface area (Å²) < 4.78 is 0. The third-order valence-electron chi connectivity index (χ3n) is 3.40. The lowest BCUT2D eigenvalue weighted by Crippen LogP contribution is -2.44. The lowest BCUT2D eigenvalue weighted by molar-refractivity contribution is 0.129. The average molecular weight is 212 g/mol. The third-order valence-corrected chi connectivity index (χ3v) is 3.40. The largest absolute Gasteiger partial charge is 0.317 e. The molecule has 1 rings (SSSR count). The fourth-order valence-corrected chi connectivity index (χ4v) is 2.70. The van der Waals surface area contributed by atoms with Crippen LogP contribution in [0.2, 0.25) is 0 Å². The second-order valence-corrected chi connectivity index (χ2v) is 6.28. The summed E-state index contributed by atoms with van der Waals surface area (Å²) in [4.78, 5) is 2.56. The number of rotatable bonds is 3. The highest BCUT2D eigenvalue weighted by Gasteiger charge is 2.26. The second-order valence-electron chi connectivity index (χ2n) is 6.28. The summed E-state index contributed by atoms with van der Waals surface area (Å²) >= 11 is 0. The van der Waals surface area contributed by atoms with Crippen LogP contribution < -0.4 is 5.32 Å². The van der Waals surface area contributed by atoms with Crippen LogP contribution in [0.25, 0.3) is 0 Å². The maximum Gasteiger partial charge on any atom is 0.0107 e. The van der Waals surface area contributed by atoms with E-state index in [2.05, 4.69) is 45.1 Å². The van der Waals surface area contributed by atoms with Crippen molar-refractivity contribution >= 4 is 0 Å². The van der Waals surface area contributed by atoms with E-state index >= 15 is 0 Å². The zero-order chi connectivity index (χ0) is 11.5. The molecule has 1 aliphatic carbocycles. The van der Waals surface area contributed by atoms with Crippen LogP contribution in [0, 0.1) is 5.41 Å². The Labute approximate surface area is 95.4 Å². The molecule has 0 aromatic heterocycles. The van der Waals surface area contributed by atoms with Gasteiger partial charge in [-0.05, 0) is 38.8 Å². The molecule has 0 aromatic carbocycles. The lowest BCUT2D eigenvalue weighted by atomic mass is 9.88. The first kappa shape index (κ1) is 13.0. The lowest BCUT2D eigenvalue weighted by Gasteiger charge is -2.38. The fourth-order valence-electron chi connectivity index (χ4n) is 2.70. The van der Waals surface area contributed by atoms with Gasteiger partial charge in [-0.15, -0.1) is 0 Å². The normalized spacial score (nSPS) is 28.4. The van der Waals surface area contributed by atoms with Gasteiger partial charge >= 0.3 is 0 Å². The molecule has 0 amide bonds. The van der Waals surface area contributed by atoms with Gasteiger partial charge in [-0.25, -0.2) is 0 Å². The zero-order valence-electron chi connectivity index (χ0n) is 11.1. The second kappa shape index (κ2) is 5.31.